The monoisotopic (exact) mass is 462 g/mol. The highest BCUT2D eigenvalue weighted by Crippen LogP contribution is 2.38. The molecule has 172 valence electrons. The first-order valence-electron chi connectivity index (χ1n) is 12.2. The van der Waals surface area contributed by atoms with Crippen LogP contribution in [0, 0.1) is 0 Å². The van der Waals surface area contributed by atoms with E-state index < -0.39 is 0 Å². The molecule has 0 aliphatic heterocycles. The SMILES string of the molecule is C(=Cc1[nH]cc(-c2ccccc2)c1-c1ccccc1)c1[nH]cc(-c2ccccc2)c1-c1ccccc1. The van der Waals surface area contributed by atoms with E-state index in [1.807, 2.05) is 0 Å². The zero-order chi connectivity index (χ0) is 24.2. The fourth-order valence-corrected chi connectivity index (χ4v) is 4.83. The normalized spacial score (nSPS) is 11.2. The molecule has 2 aromatic heterocycles. The molecule has 0 radical (unpaired) electrons. The van der Waals surface area contributed by atoms with E-state index in [0.717, 1.165) is 11.4 Å². The minimum atomic E-state index is 1.08. The second kappa shape index (κ2) is 9.81. The van der Waals surface area contributed by atoms with E-state index in [0.29, 0.717) is 0 Å². The molecular weight excluding hydrogens is 436 g/mol. The molecular formula is C34H26N2. The molecule has 6 aromatic rings. The zero-order valence-electron chi connectivity index (χ0n) is 19.9. The standard InChI is InChI=1S/C34H26N2/c1-5-13-25(14-6-1)29-23-35-31(33(29)27-17-9-3-10-18-27)21-22-32-34(28-19-11-4-12-20-28)30(24-36-32)26-15-7-2-8-16-26/h1-24,35-36H. The average molecular weight is 463 g/mol. The van der Waals surface area contributed by atoms with Crippen LogP contribution in [0.15, 0.2) is 134 Å². The third kappa shape index (κ3) is 4.21. The topological polar surface area (TPSA) is 31.6 Å². The Morgan fingerprint density at radius 2 is 0.667 bits per heavy atom. The van der Waals surface area contributed by atoms with Gasteiger partial charge < -0.3 is 9.97 Å². The molecule has 0 amide bonds. The van der Waals surface area contributed by atoms with Crippen LogP contribution < -0.4 is 0 Å². The van der Waals surface area contributed by atoms with Gasteiger partial charge in [-0.1, -0.05) is 121 Å². The first-order valence-corrected chi connectivity index (χ1v) is 12.2. The fourth-order valence-electron chi connectivity index (χ4n) is 4.83. The van der Waals surface area contributed by atoms with Gasteiger partial charge in [-0.2, -0.15) is 0 Å². The van der Waals surface area contributed by atoms with Crippen LogP contribution in [0.5, 0.6) is 0 Å². The van der Waals surface area contributed by atoms with E-state index in [1.54, 1.807) is 0 Å². The Labute approximate surface area is 211 Å². The second-order valence-corrected chi connectivity index (χ2v) is 8.78. The van der Waals surface area contributed by atoms with Crippen LogP contribution in [-0.4, -0.2) is 9.97 Å². The van der Waals surface area contributed by atoms with Gasteiger partial charge in [-0.15, -0.1) is 0 Å². The summed E-state index contributed by atoms with van der Waals surface area (Å²) in [6.45, 7) is 0. The van der Waals surface area contributed by atoms with Gasteiger partial charge in [-0.05, 0) is 34.4 Å². The summed E-state index contributed by atoms with van der Waals surface area (Å²) in [4.78, 5) is 7.08. The number of rotatable bonds is 6. The maximum absolute atomic E-state index is 3.54. The van der Waals surface area contributed by atoms with Crippen molar-refractivity contribution in [3.05, 3.63) is 145 Å². The summed E-state index contributed by atoms with van der Waals surface area (Å²) < 4.78 is 0. The number of aromatic nitrogens is 2. The predicted octanol–water partition coefficient (Wildman–Crippen LogP) is 9.18. The van der Waals surface area contributed by atoms with Crippen molar-refractivity contribution >= 4 is 12.2 Å². The third-order valence-corrected chi connectivity index (χ3v) is 6.53. The molecule has 2 heteroatoms. The molecule has 0 saturated carbocycles. The van der Waals surface area contributed by atoms with Gasteiger partial charge in [-0.25, -0.2) is 0 Å². The molecule has 2 heterocycles. The molecule has 0 unspecified atom stereocenters. The number of aromatic amines is 2. The molecule has 0 aliphatic carbocycles. The van der Waals surface area contributed by atoms with Crippen LogP contribution in [0.3, 0.4) is 0 Å². The molecule has 0 bridgehead atoms. The summed E-state index contributed by atoms with van der Waals surface area (Å²) in [7, 11) is 0. The summed E-state index contributed by atoms with van der Waals surface area (Å²) in [5, 5.41) is 0. The Bertz CT molecular complexity index is 1470. The molecule has 36 heavy (non-hydrogen) atoms. The minimum Gasteiger partial charge on any atom is -0.361 e. The highest BCUT2D eigenvalue weighted by molar-refractivity contribution is 5.94. The Balaban J connectivity index is 1.48. The Kier molecular flexibility index (Phi) is 5.91. The molecule has 2 N–H and O–H groups in total. The van der Waals surface area contributed by atoms with Gasteiger partial charge in [0.25, 0.3) is 0 Å². The van der Waals surface area contributed by atoms with E-state index in [1.165, 1.54) is 44.5 Å². The lowest BCUT2D eigenvalue weighted by atomic mass is 9.95. The van der Waals surface area contributed by atoms with Gasteiger partial charge >= 0.3 is 0 Å². The van der Waals surface area contributed by atoms with Crippen molar-refractivity contribution in [3.8, 4) is 44.5 Å². The molecule has 6 rings (SSSR count). The van der Waals surface area contributed by atoms with Crippen LogP contribution in [-0.2, 0) is 0 Å². The van der Waals surface area contributed by atoms with Crippen molar-refractivity contribution in [1.29, 1.82) is 0 Å². The van der Waals surface area contributed by atoms with Crippen molar-refractivity contribution in [2.75, 3.05) is 0 Å². The lowest BCUT2D eigenvalue weighted by molar-refractivity contribution is 1.36. The number of nitrogens with one attached hydrogen (secondary N) is 2. The zero-order valence-corrected chi connectivity index (χ0v) is 19.9. The number of hydrogen-bond acceptors (Lipinski definition) is 0. The Morgan fingerprint density at radius 3 is 1.00 bits per heavy atom. The Hall–Kier alpha value is -4.82. The summed E-state index contributed by atoms with van der Waals surface area (Å²) >= 11 is 0. The van der Waals surface area contributed by atoms with Crippen LogP contribution >= 0.6 is 0 Å². The maximum atomic E-state index is 3.54. The van der Waals surface area contributed by atoms with Crippen molar-refractivity contribution in [2.24, 2.45) is 0 Å². The van der Waals surface area contributed by atoms with E-state index in [2.05, 4.69) is 156 Å². The van der Waals surface area contributed by atoms with Gasteiger partial charge in [0.15, 0.2) is 0 Å². The largest absolute Gasteiger partial charge is 0.361 e. The van der Waals surface area contributed by atoms with E-state index in [9.17, 15) is 0 Å². The molecule has 0 spiro atoms. The third-order valence-electron chi connectivity index (χ3n) is 6.53. The number of benzene rings is 4. The van der Waals surface area contributed by atoms with Gasteiger partial charge in [0, 0.05) is 46.0 Å². The quantitative estimate of drug-likeness (QED) is 0.247. The van der Waals surface area contributed by atoms with Crippen LogP contribution in [0.4, 0.5) is 0 Å². The van der Waals surface area contributed by atoms with Gasteiger partial charge in [-0.3, -0.25) is 0 Å². The highest BCUT2D eigenvalue weighted by atomic mass is 14.7. The number of H-pyrrole nitrogens is 2. The van der Waals surface area contributed by atoms with Crippen molar-refractivity contribution in [1.82, 2.24) is 9.97 Å². The van der Waals surface area contributed by atoms with Crippen molar-refractivity contribution in [2.45, 2.75) is 0 Å². The van der Waals surface area contributed by atoms with Crippen molar-refractivity contribution < 1.29 is 0 Å². The molecule has 0 aliphatic rings. The fraction of sp³-hybridized carbons (Fsp3) is 0. The Morgan fingerprint density at radius 1 is 0.361 bits per heavy atom. The minimum absolute atomic E-state index is 1.08. The first kappa shape index (κ1) is 21.7. The predicted molar refractivity (Wildman–Crippen MR) is 152 cm³/mol. The molecule has 2 nitrogen and oxygen atoms in total. The van der Waals surface area contributed by atoms with Crippen LogP contribution in [0.25, 0.3) is 56.7 Å². The van der Waals surface area contributed by atoms with Crippen molar-refractivity contribution in [3.63, 3.8) is 0 Å². The molecule has 0 saturated heterocycles. The molecule has 4 aromatic carbocycles. The second-order valence-electron chi connectivity index (χ2n) is 8.78. The van der Waals surface area contributed by atoms with Crippen LogP contribution in [0.1, 0.15) is 11.4 Å². The van der Waals surface area contributed by atoms with Gasteiger partial charge in [0.1, 0.15) is 0 Å². The van der Waals surface area contributed by atoms with E-state index >= 15 is 0 Å². The highest BCUT2D eigenvalue weighted by Gasteiger charge is 2.15. The van der Waals surface area contributed by atoms with E-state index in [-0.39, 0.29) is 0 Å². The maximum Gasteiger partial charge on any atom is 0.0467 e. The lowest BCUT2D eigenvalue weighted by Gasteiger charge is -2.08. The van der Waals surface area contributed by atoms with Gasteiger partial charge in [0.05, 0.1) is 0 Å². The average Bonchev–Trinajstić information content (AvgIpc) is 3.58. The summed E-state index contributed by atoms with van der Waals surface area (Å²) in [5.74, 6) is 0. The summed E-state index contributed by atoms with van der Waals surface area (Å²) in [5.41, 5.74) is 11.7. The molecule has 0 atom stereocenters. The summed E-state index contributed by atoms with van der Waals surface area (Å²) in [6.07, 6.45) is 8.59. The number of hydrogen-bond donors (Lipinski definition) is 2. The smallest absolute Gasteiger partial charge is 0.0467 e. The van der Waals surface area contributed by atoms with Crippen LogP contribution in [0.2, 0.25) is 0 Å². The lowest BCUT2D eigenvalue weighted by Crippen LogP contribution is -1.85. The first-order chi connectivity index (χ1) is 17.9. The van der Waals surface area contributed by atoms with Gasteiger partial charge in [0.2, 0.25) is 0 Å². The summed E-state index contributed by atoms with van der Waals surface area (Å²) in [6, 6.07) is 42.3. The van der Waals surface area contributed by atoms with E-state index in [4.69, 9.17) is 0 Å². The molecule has 0 fully saturated rings.